The highest BCUT2D eigenvalue weighted by atomic mass is 35.5. The number of carbonyl (C=O) groups is 1. The van der Waals surface area contributed by atoms with Gasteiger partial charge in [-0.05, 0) is 48.9 Å². The average Bonchev–Trinajstić information content (AvgIpc) is 2.89. The van der Waals surface area contributed by atoms with Crippen molar-refractivity contribution in [2.75, 3.05) is 24.1 Å². The normalized spacial score (nSPS) is 18.0. The molecule has 1 amide bonds. The zero-order valence-electron chi connectivity index (χ0n) is 15.2. The number of rotatable bonds is 4. The zero-order valence-corrected chi connectivity index (χ0v) is 16.8. The highest BCUT2D eigenvalue weighted by molar-refractivity contribution is 7.92. The van der Waals surface area contributed by atoms with E-state index in [1.54, 1.807) is 12.1 Å². The molecule has 0 spiro atoms. The molecule has 0 aliphatic carbocycles. The van der Waals surface area contributed by atoms with Gasteiger partial charge in [0.2, 0.25) is 10.0 Å². The number of nitrogens with one attached hydrogen (secondary N) is 1. The smallest absolute Gasteiger partial charge is 0.253 e. The summed E-state index contributed by atoms with van der Waals surface area (Å²) in [6.45, 7) is 1.37. The van der Waals surface area contributed by atoms with Crippen LogP contribution in [-0.4, -0.2) is 38.6 Å². The first-order valence-electron chi connectivity index (χ1n) is 8.95. The minimum Gasteiger partial charge on any atom is -0.339 e. The fourth-order valence-corrected chi connectivity index (χ4v) is 4.27. The van der Waals surface area contributed by atoms with Crippen molar-refractivity contribution < 1.29 is 13.2 Å². The molecular weight excluding hydrogens is 384 g/mol. The molecule has 0 saturated carbocycles. The third kappa shape index (κ3) is 5.23. The first-order valence-corrected chi connectivity index (χ1v) is 11.2. The topological polar surface area (TPSA) is 66.5 Å². The van der Waals surface area contributed by atoms with Gasteiger partial charge in [-0.1, -0.05) is 41.9 Å². The number of hydrogen-bond donors (Lipinski definition) is 1. The second-order valence-corrected chi connectivity index (χ2v) is 9.06. The summed E-state index contributed by atoms with van der Waals surface area (Å²) < 4.78 is 25.3. The maximum Gasteiger partial charge on any atom is 0.253 e. The number of halogens is 1. The van der Waals surface area contributed by atoms with Crippen LogP contribution >= 0.6 is 11.6 Å². The Hall–Kier alpha value is -2.05. The second kappa shape index (κ2) is 8.31. The van der Waals surface area contributed by atoms with Crippen molar-refractivity contribution in [3.05, 3.63) is 64.7 Å². The van der Waals surface area contributed by atoms with E-state index in [9.17, 15) is 13.2 Å². The maximum atomic E-state index is 12.9. The lowest BCUT2D eigenvalue weighted by Gasteiger charge is -2.21. The monoisotopic (exact) mass is 406 g/mol. The summed E-state index contributed by atoms with van der Waals surface area (Å²) in [4.78, 5) is 14.8. The molecule has 1 atom stereocenters. The molecule has 0 bridgehead atoms. The van der Waals surface area contributed by atoms with Crippen LogP contribution in [0.15, 0.2) is 48.5 Å². The molecule has 5 nitrogen and oxygen atoms in total. The van der Waals surface area contributed by atoms with E-state index in [0.717, 1.165) is 25.5 Å². The summed E-state index contributed by atoms with van der Waals surface area (Å²) in [5.74, 6) is 0.355. The Balaban J connectivity index is 1.73. The molecule has 7 heteroatoms. The second-order valence-electron chi connectivity index (χ2n) is 6.90. The van der Waals surface area contributed by atoms with Crippen molar-refractivity contribution >= 4 is 33.2 Å². The molecule has 27 heavy (non-hydrogen) atoms. The maximum absolute atomic E-state index is 12.9. The van der Waals surface area contributed by atoms with Crippen LogP contribution < -0.4 is 4.72 Å². The summed E-state index contributed by atoms with van der Waals surface area (Å²) in [6, 6.07) is 15.1. The van der Waals surface area contributed by atoms with E-state index in [1.165, 1.54) is 11.6 Å². The van der Waals surface area contributed by atoms with Crippen molar-refractivity contribution in [1.29, 1.82) is 0 Å². The molecule has 1 heterocycles. The Morgan fingerprint density at radius 1 is 1.11 bits per heavy atom. The molecular formula is C20H23ClN2O3S. The van der Waals surface area contributed by atoms with Crippen LogP contribution in [0.4, 0.5) is 5.69 Å². The van der Waals surface area contributed by atoms with Crippen molar-refractivity contribution in [2.45, 2.75) is 25.2 Å². The van der Waals surface area contributed by atoms with Gasteiger partial charge in [-0.2, -0.15) is 0 Å². The van der Waals surface area contributed by atoms with Gasteiger partial charge in [0.1, 0.15) is 0 Å². The van der Waals surface area contributed by atoms with Crippen LogP contribution in [0.3, 0.4) is 0 Å². The third-order valence-electron chi connectivity index (χ3n) is 4.79. The molecule has 2 aromatic rings. The van der Waals surface area contributed by atoms with Gasteiger partial charge in [0.15, 0.2) is 0 Å². The molecule has 1 fully saturated rings. The van der Waals surface area contributed by atoms with Gasteiger partial charge >= 0.3 is 0 Å². The summed E-state index contributed by atoms with van der Waals surface area (Å²) in [5.41, 5.74) is 1.98. The quantitative estimate of drug-likeness (QED) is 0.830. The first-order chi connectivity index (χ1) is 12.8. The van der Waals surface area contributed by atoms with E-state index in [1.807, 2.05) is 23.1 Å². The molecule has 1 unspecified atom stereocenters. The third-order valence-corrected chi connectivity index (χ3v) is 5.72. The van der Waals surface area contributed by atoms with Crippen LogP contribution in [0, 0.1) is 0 Å². The van der Waals surface area contributed by atoms with Crippen LogP contribution in [0.25, 0.3) is 0 Å². The Kier molecular flexibility index (Phi) is 6.07. The minimum absolute atomic E-state index is 0.100. The average molecular weight is 407 g/mol. The van der Waals surface area contributed by atoms with Crippen molar-refractivity contribution in [1.82, 2.24) is 4.90 Å². The highest BCUT2D eigenvalue weighted by Gasteiger charge is 2.23. The Labute approximate surface area is 165 Å². The van der Waals surface area contributed by atoms with Crippen molar-refractivity contribution in [2.24, 2.45) is 0 Å². The molecule has 3 rings (SSSR count). The van der Waals surface area contributed by atoms with E-state index in [2.05, 4.69) is 16.9 Å². The lowest BCUT2D eigenvalue weighted by molar-refractivity contribution is 0.0761. The zero-order chi connectivity index (χ0) is 19.4. The number of anilines is 1. The summed E-state index contributed by atoms with van der Waals surface area (Å²) in [7, 11) is -3.47. The summed E-state index contributed by atoms with van der Waals surface area (Å²) in [6.07, 6.45) is 3.96. The number of likely N-dealkylation sites (tertiary alicyclic amines) is 1. The van der Waals surface area contributed by atoms with Gasteiger partial charge in [0, 0.05) is 18.7 Å². The number of hydrogen-bond acceptors (Lipinski definition) is 3. The predicted molar refractivity (Wildman–Crippen MR) is 109 cm³/mol. The van der Waals surface area contributed by atoms with E-state index < -0.39 is 10.0 Å². The van der Waals surface area contributed by atoms with Gasteiger partial charge in [-0.15, -0.1) is 0 Å². The van der Waals surface area contributed by atoms with E-state index in [4.69, 9.17) is 11.6 Å². The standard InChI is InChI=1S/C20H23ClN2O3S/c1-27(25,26)22-19-14-17(9-10-18(19)21)20(24)23-12-5-8-16(11-13-23)15-6-3-2-4-7-15/h2-4,6-7,9-10,14,16,22H,5,8,11-13H2,1H3. The molecule has 144 valence electrons. The summed E-state index contributed by atoms with van der Waals surface area (Å²) >= 11 is 6.05. The Morgan fingerprint density at radius 2 is 1.85 bits per heavy atom. The molecule has 1 aliphatic rings. The molecule has 1 aliphatic heterocycles. The lowest BCUT2D eigenvalue weighted by Crippen LogP contribution is -2.32. The highest BCUT2D eigenvalue weighted by Crippen LogP contribution is 2.29. The Morgan fingerprint density at radius 3 is 2.56 bits per heavy atom. The van der Waals surface area contributed by atoms with Crippen LogP contribution in [0.5, 0.6) is 0 Å². The molecule has 0 aromatic heterocycles. The van der Waals surface area contributed by atoms with E-state index in [-0.39, 0.29) is 16.6 Å². The van der Waals surface area contributed by atoms with Crippen molar-refractivity contribution in [3.63, 3.8) is 0 Å². The van der Waals surface area contributed by atoms with Crippen LogP contribution in [-0.2, 0) is 10.0 Å². The van der Waals surface area contributed by atoms with Gasteiger partial charge in [0.25, 0.3) is 5.91 Å². The fraction of sp³-hybridized carbons (Fsp3) is 0.350. The summed E-state index contributed by atoms with van der Waals surface area (Å²) in [5, 5.41) is 0.261. The molecule has 0 radical (unpaired) electrons. The first kappa shape index (κ1) is 19.7. The largest absolute Gasteiger partial charge is 0.339 e. The number of sulfonamides is 1. The van der Waals surface area contributed by atoms with Gasteiger partial charge in [0.05, 0.1) is 17.0 Å². The van der Waals surface area contributed by atoms with E-state index >= 15 is 0 Å². The number of carbonyl (C=O) groups excluding carboxylic acids is 1. The van der Waals surface area contributed by atoms with Crippen LogP contribution in [0.2, 0.25) is 5.02 Å². The number of nitrogens with zero attached hydrogens (tertiary/aromatic N) is 1. The Bertz CT molecular complexity index is 916. The SMILES string of the molecule is CS(=O)(=O)Nc1cc(C(=O)N2CCCC(c3ccccc3)CC2)ccc1Cl. The molecule has 1 N–H and O–H groups in total. The number of amides is 1. The van der Waals surface area contributed by atoms with Gasteiger partial charge in [-0.3, -0.25) is 9.52 Å². The fourth-order valence-electron chi connectivity index (χ4n) is 3.48. The van der Waals surface area contributed by atoms with Crippen LogP contribution in [0.1, 0.15) is 41.1 Å². The molecule has 2 aromatic carbocycles. The number of benzene rings is 2. The minimum atomic E-state index is -3.47. The van der Waals surface area contributed by atoms with Gasteiger partial charge in [-0.25, -0.2) is 8.42 Å². The van der Waals surface area contributed by atoms with Gasteiger partial charge < -0.3 is 4.90 Å². The predicted octanol–water partition coefficient (Wildman–Crippen LogP) is 4.12. The lowest BCUT2D eigenvalue weighted by atomic mass is 9.92. The van der Waals surface area contributed by atoms with E-state index in [0.29, 0.717) is 24.6 Å². The molecule has 1 saturated heterocycles. The van der Waals surface area contributed by atoms with Crippen molar-refractivity contribution in [3.8, 4) is 0 Å².